The lowest BCUT2D eigenvalue weighted by Crippen LogP contribution is -2.03. The third-order valence-corrected chi connectivity index (χ3v) is 3.09. The van der Waals surface area contributed by atoms with Crippen molar-refractivity contribution in [3.8, 4) is 17.2 Å². The Kier molecular flexibility index (Phi) is 5.44. The number of hydrogen-bond acceptors (Lipinski definition) is 4. The van der Waals surface area contributed by atoms with Crippen LogP contribution in [0.1, 0.15) is 5.56 Å². The van der Waals surface area contributed by atoms with Gasteiger partial charge in [0.25, 0.3) is 0 Å². The van der Waals surface area contributed by atoms with Gasteiger partial charge in [-0.25, -0.2) is 4.79 Å². The molecule has 5 heteroatoms. The van der Waals surface area contributed by atoms with Gasteiger partial charge in [0.1, 0.15) is 17.2 Å². The van der Waals surface area contributed by atoms with Gasteiger partial charge in [-0.2, -0.15) is 0 Å². The minimum absolute atomic E-state index is 0.389. The van der Waals surface area contributed by atoms with E-state index in [9.17, 15) is 4.79 Å². The molecule has 0 fully saturated rings. The summed E-state index contributed by atoms with van der Waals surface area (Å²) in [4.78, 5) is 11.8. The quantitative estimate of drug-likeness (QED) is 0.475. The van der Waals surface area contributed by atoms with Crippen LogP contribution in [0.5, 0.6) is 17.2 Å². The molecule has 114 valence electrons. The van der Waals surface area contributed by atoms with Crippen molar-refractivity contribution >= 4 is 23.6 Å². The highest BCUT2D eigenvalue weighted by Crippen LogP contribution is 2.25. The van der Waals surface area contributed by atoms with Gasteiger partial charge in [-0.1, -0.05) is 17.7 Å². The Morgan fingerprint density at radius 2 is 1.86 bits per heavy atom. The highest BCUT2D eigenvalue weighted by atomic mass is 35.5. The Morgan fingerprint density at radius 1 is 1.05 bits per heavy atom. The number of methoxy groups -OCH3 is 2. The van der Waals surface area contributed by atoms with Gasteiger partial charge < -0.3 is 14.2 Å². The first-order chi connectivity index (χ1) is 10.6. The normalized spacial score (nSPS) is 10.5. The number of carbonyl (C=O) groups is 1. The molecule has 2 aromatic carbocycles. The predicted molar refractivity (Wildman–Crippen MR) is 85.7 cm³/mol. The van der Waals surface area contributed by atoms with Crippen molar-refractivity contribution in [1.29, 1.82) is 0 Å². The largest absolute Gasteiger partial charge is 0.497 e. The van der Waals surface area contributed by atoms with E-state index in [2.05, 4.69) is 0 Å². The van der Waals surface area contributed by atoms with E-state index in [-0.39, 0.29) is 0 Å². The van der Waals surface area contributed by atoms with Gasteiger partial charge in [0.2, 0.25) is 0 Å². The van der Waals surface area contributed by atoms with Crippen LogP contribution in [0.25, 0.3) is 6.08 Å². The molecule has 0 atom stereocenters. The van der Waals surface area contributed by atoms with Crippen LogP contribution in [-0.4, -0.2) is 20.2 Å². The van der Waals surface area contributed by atoms with Crippen LogP contribution in [0.15, 0.2) is 48.5 Å². The molecular formula is C17H15ClO4. The molecule has 0 aliphatic carbocycles. The number of ether oxygens (including phenoxy) is 3. The lowest BCUT2D eigenvalue weighted by Gasteiger charge is -2.07. The monoisotopic (exact) mass is 318 g/mol. The smallest absolute Gasteiger partial charge is 0.336 e. The molecule has 0 saturated carbocycles. The molecule has 2 aromatic rings. The third-order valence-electron chi connectivity index (χ3n) is 2.85. The van der Waals surface area contributed by atoms with Crippen LogP contribution >= 0.6 is 11.6 Å². The Morgan fingerprint density at radius 3 is 2.55 bits per heavy atom. The van der Waals surface area contributed by atoms with E-state index in [0.29, 0.717) is 27.8 Å². The second-order valence-corrected chi connectivity index (χ2v) is 4.76. The Labute approximate surface area is 133 Å². The van der Waals surface area contributed by atoms with Gasteiger partial charge in [0.15, 0.2) is 0 Å². The Balaban J connectivity index is 2.12. The molecule has 22 heavy (non-hydrogen) atoms. The van der Waals surface area contributed by atoms with Crippen LogP contribution in [0.2, 0.25) is 5.02 Å². The van der Waals surface area contributed by atoms with Crippen LogP contribution in [-0.2, 0) is 4.79 Å². The van der Waals surface area contributed by atoms with E-state index in [4.69, 9.17) is 25.8 Å². The third kappa shape index (κ3) is 4.27. The van der Waals surface area contributed by atoms with Crippen LogP contribution in [0.3, 0.4) is 0 Å². The molecule has 0 aliphatic rings. The molecule has 0 N–H and O–H groups in total. The van der Waals surface area contributed by atoms with E-state index in [0.717, 1.165) is 0 Å². The first-order valence-electron chi connectivity index (χ1n) is 6.50. The fraction of sp³-hybridized carbons (Fsp3) is 0.118. The van der Waals surface area contributed by atoms with Gasteiger partial charge in [0.05, 0.1) is 14.2 Å². The zero-order chi connectivity index (χ0) is 15.9. The first kappa shape index (κ1) is 15.9. The lowest BCUT2D eigenvalue weighted by molar-refractivity contribution is -0.128. The van der Waals surface area contributed by atoms with Crippen molar-refractivity contribution in [2.24, 2.45) is 0 Å². The van der Waals surface area contributed by atoms with E-state index in [1.165, 1.54) is 6.08 Å². The molecule has 0 saturated heterocycles. The zero-order valence-corrected chi connectivity index (χ0v) is 13.0. The number of halogens is 1. The summed E-state index contributed by atoms with van der Waals surface area (Å²) in [7, 11) is 3.13. The second-order valence-electron chi connectivity index (χ2n) is 4.32. The van der Waals surface area contributed by atoms with Crippen LogP contribution < -0.4 is 14.2 Å². The minimum Gasteiger partial charge on any atom is -0.497 e. The van der Waals surface area contributed by atoms with Crippen LogP contribution in [0.4, 0.5) is 0 Å². The van der Waals surface area contributed by atoms with Crippen molar-refractivity contribution in [3.63, 3.8) is 0 Å². The number of hydrogen-bond donors (Lipinski definition) is 0. The van der Waals surface area contributed by atoms with Gasteiger partial charge in [-0.3, -0.25) is 0 Å². The van der Waals surface area contributed by atoms with E-state index < -0.39 is 5.97 Å². The topological polar surface area (TPSA) is 44.8 Å². The van der Waals surface area contributed by atoms with Crippen molar-refractivity contribution in [1.82, 2.24) is 0 Å². The second kappa shape index (κ2) is 7.52. The Bertz CT molecular complexity index is 695. The fourth-order valence-corrected chi connectivity index (χ4v) is 1.99. The first-order valence-corrected chi connectivity index (χ1v) is 6.87. The fourth-order valence-electron chi connectivity index (χ4n) is 1.81. The number of benzene rings is 2. The predicted octanol–water partition coefficient (Wildman–Crippen LogP) is 3.98. The van der Waals surface area contributed by atoms with Gasteiger partial charge in [-0.15, -0.1) is 0 Å². The summed E-state index contributed by atoms with van der Waals surface area (Å²) in [5, 5.41) is 0.503. The summed E-state index contributed by atoms with van der Waals surface area (Å²) in [5.41, 5.74) is 0.713. The maximum atomic E-state index is 11.8. The van der Waals surface area contributed by atoms with Gasteiger partial charge >= 0.3 is 5.97 Å². The summed E-state index contributed by atoms with van der Waals surface area (Å²) in [6.45, 7) is 0. The molecular weight excluding hydrogens is 304 g/mol. The highest BCUT2D eigenvalue weighted by Gasteiger charge is 2.04. The molecule has 2 rings (SSSR count). The summed E-state index contributed by atoms with van der Waals surface area (Å²) < 4.78 is 15.5. The maximum Gasteiger partial charge on any atom is 0.336 e. The summed E-state index contributed by atoms with van der Waals surface area (Å²) in [6, 6.07) is 11.9. The molecule has 0 amide bonds. The highest BCUT2D eigenvalue weighted by molar-refractivity contribution is 6.30. The maximum absolute atomic E-state index is 11.8. The van der Waals surface area contributed by atoms with Crippen molar-refractivity contribution in [2.75, 3.05) is 14.2 Å². The summed E-state index contributed by atoms with van der Waals surface area (Å²) >= 11 is 5.83. The molecule has 0 unspecified atom stereocenters. The molecule has 0 heterocycles. The van der Waals surface area contributed by atoms with E-state index >= 15 is 0 Å². The SMILES string of the molecule is COc1ccc(OC)c(/C=C/C(=O)Oc2cccc(Cl)c2)c1. The van der Waals surface area contributed by atoms with Crippen molar-refractivity contribution < 1.29 is 19.0 Å². The van der Waals surface area contributed by atoms with E-state index in [1.807, 2.05) is 0 Å². The molecule has 0 radical (unpaired) electrons. The number of rotatable bonds is 5. The zero-order valence-electron chi connectivity index (χ0n) is 12.2. The standard InChI is InChI=1S/C17H15ClO4/c1-20-14-7-8-16(21-2)12(10-14)6-9-17(19)22-15-5-3-4-13(18)11-15/h3-11H,1-2H3/b9-6+. The van der Waals surface area contributed by atoms with Gasteiger partial charge in [-0.05, 0) is 42.5 Å². The summed E-state index contributed by atoms with van der Waals surface area (Å²) in [6.07, 6.45) is 2.92. The summed E-state index contributed by atoms with van der Waals surface area (Å²) in [5.74, 6) is 1.18. The van der Waals surface area contributed by atoms with E-state index in [1.54, 1.807) is 62.8 Å². The average molecular weight is 319 g/mol. The Hall–Kier alpha value is -2.46. The molecule has 0 aromatic heterocycles. The number of esters is 1. The molecule has 0 bridgehead atoms. The van der Waals surface area contributed by atoms with Crippen molar-refractivity contribution in [2.45, 2.75) is 0 Å². The van der Waals surface area contributed by atoms with Crippen molar-refractivity contribution in [3.05, 3.63) is 59.1 Å². The van der Waals surface area contributed by atoms with Gasteiger partial charge in [0, 0.05) is 16.7 Å². The molecule has 0 spiro atoms. The minimum atomic E-state index is -0.507. The lowest BCUT2D eigenvalue weighted by atomic mass is 10.1. The molecule has 0 aliphatic heterocycles. The average Bonchev–Trinajstić information content (AvgIpc) is 2.52. The van der Waals surface area contributed by atoms with Crippen LogP contribution in [0, 0.1) is 0 Å². The molecule has 4 nitrogen and oxygen atoms in total. The number of carbonyl (C=O) groups excluding carboxylic acids is 1.